The molecule has 0 unspecified atom stereocenters. The second kappa shape index (κ2) is 14.8. The monoisotopic (exact) mass is 510 g/mol. The highest BCUT2D eigenvalue weighted by Crippen LogP contribution is 2.38. The Labute approximate surface area is 215 Å². The lowest BCUT2D eigenvalue weighted by atomic mass is 10.0. The van der Waals surface area contributed by atoms with E-state index in [0.29, 0.717) is 39.7 Å². The fourth-order valence-corrected chi connectivity index (χ4v) is 3.33. The number of nitrogens with zero attached hydrogens (tertiary/aromatic N) is 2. The highest BCUT2D eigenvalue weighted by molar-refractivity contribution is 5.83. The van der Waals surface area contributed by atoms with E-state index in [4.69, 9.17) is 25.7 Å². The number of ether oxygens (including phenoxy) is 2. The molecule has 37 heavy (non-hydrogen) atoms. The molecule has 1 aliphatic heterocycles. The molecule has 0 radical (unpaired) electrons. The molecule has 0 spiro atoms. The molecule has 9 N–H and O–H groups in total. The molecular formula is C25H34N8O4. The molecule has 2 fully saturated rings. The third kappa shape index (κ3) is 8.90. The first-order valence-corrected chi connectivity index (χ1v) is 11.7. The molecule has 12 nitrogen and oxygen atoms in total. The van der Waals surface area contributed by atoms with E-state index in [-0.39, 0.29) is 24.1 Å². The van der Waals surface area contributed by atoms with Gasteiger partial charge in [-0.25, -0.2) is 0 Å². The van der Waals surface area contributed by atoms with Gasteiger partial charge in [0.15, 0.2) is 0 Å². The predicted octanol–water partition coefficient (Wildman–Crippen LogP) is 1.78. The lowest BCUT2D eigenvalue weighted by molar-refractivity contribution is -0.121. The Hall–Kier alpha value is -4.50. The number of nitrogens with two attached hydrogens (primary N) is 3. The fourth-order valence-electron chi connectivity index (χ4n) is 3.33. The van der Waals surface area contributed by atoms with Crippen molar-refractivity contribution < 1.29 is 19.1 Å². The third-order valence-corrected chi connectivity index (χ3v) is 5.30. The van der Waals surface area contributed by atoms with Crippen LogP contribution in [0.2, 0.25) is 0 Å². The van der Waals surface area contributed by atoms with Crippen LogP contribution in [0.5, 0.6) is 5.75 Å². The lowest BCUT2D eigenvalue weighted by Crippen LogP contribution is -2.29. The minimum absolute atomic E-state index is 0.0439. The first-order chi connectivity index (χ1) is 17.9. The Kier molecular flexibility index (Phi) is 11.5. The van der Waals surface area contributed by atoms with Gasteiger partial charge < -0.3 is 37.3 Å². The summed E-state index contributed by atoms with van der Waals surface area (Å²) >= 11 is 0. The van der Waals surface area contributed by atoms with Crippen molar-refractivity contribution >= 4 is 18.0 Å². The van der Waals surface area contributed by atoms with Crippen LogP contribution in [0, 0.1) is 17.2 Å². The van der Waals surface area contributed by atoms with E-state index in [1.807, 2.05) is 18.2 Å². The van der Waals surface area contributed by atoms with Gasteiger partial charge in [-0.15, -0.1) is 0 Å². The van der Waals surface area contributed by atoms with Gasteiger partial charge >= 0.3 is 0 Å². The number of methoxy groups -OCH3 is 1. The molecule has 1 saturated carbocycles. The van der Waals surface area contributed by atoms with E-state index < -0.39 is 0 Å². The topological polar surface area (TPSA) is 207 Å². The minimum atomic E-state index is -0.0867. The van der Waals surface area contributed by atoms with Gasteiger partial charge in [-0.3, -0.25) is 14.7 Å². The maximum absolute atomic E-state index is 11.9. The van der Waals surface area contributed by atoms with Crippen LogP contribution >= 0.6 is 0 Å². The van der Waals surface area contributed by atoms with Crippen LogP contribution < -0.4 is 32.6 Å². The summed E-state index contributed by atoms with van der Waals surface area (Å²) < 4.78 is 10.5. The minimum Gasteiger partial charge on any atom is -0.494 e. The standard InChI is InChI=1S/C20H23N7O2.C4H8O.CH3NO/c1-11(22)16(8-18(23)26-20(28)12-6-7-12)25-15-5-3-4-13(19(15)29-2)14-10-24-27-17(14)9-21;1-2-4-5-3-1;2-1-3/h3-5,8,10,12,25H,6-7,22-23H2,1-2H3,(H,24,27)(H,26,28);1-4H2;1H,(H2,2,3)/b16-11+,18-8+;;. The number of para-hydroxylation sites is 1. The molecule has 0 bridgehead atoms. The van der Waals surface area contributed by atoms with Crippen molar-refractivity contribution in [3.05, 3.63) is 53.4 Å². The first-order valence-electron chi connectivity index (χ1n) is 11.7. The molecule has 198 valence electrons. The molecule has 2 aromatic rings. The molecule has 4 rings (SSSR count). The van der Waals surface area contributed by atoms with Gasteiger partial charge in [0.1, 0.15) is 23.3 Å². The van der Waals surface area contributed by atoms with Crippen LogP contribution in [0.15, 0.2) is 47.7 Å². The van der Waals surface area contributed by atoms with Crippen LogP contribution in [-0.2, 0) is 14.3 Å². The van der Waals surface area contributed by atoms with Crippen LogP contribution in [0.25, 0.3) is 11.1 Å². The summed E-state index contributed by atoms with van der Waals surface area (Å²) in [5, 5.41) is 21.7. The summed E-state index contributed by atoms with van der Waals surface area (Å²) in [5.41, 5.74) is 19.4. The Bertz CT molecular complexity index is 1150. The number of aromatic nitrogens is 2. The van der Waals surface area contributed by atoms with Gasteiger partial charge in [-0.2, -0.15) is 10.4 Å². The van der Waals surface area contributed by atoms with Crippen molar-refractivity contribution in [1.29, 1.82) is 5.26 Å². The number of primary amides is 1. The lowest BCUT2D eigenvalue weighted by Gasteiger charge is -2.16. The second-order valence-corrected chi connectivity index (χ2v) is 8.20. The zero-order chi connectivity index (χ0) is 27.2. The van der Waals surface area contributed by atoms with Crippen LogP contribution in [0.1, 0.15) is 38.3 Å². The molecular weight excluding hydrogens is 476 g/mol. The van der Waals surface area contributed by atoms with Gasteiger partial charge in [-0.05, 0) is 38.7 Å². The van der Waals surface area contributed by atoms with Gasteiger partial charge in [0.05, 0.1) is 24.7 Å². The van der Waals surface area contributed by atoms with Crippen LogP contribution in [-0.4, -0.2) is 42.8 Å². The van der Waals surface area contributed by atoms with E-state index in [1.54, 1.807) is 19.2 Å². The molecule has 0 atom stereocenters. The number of H-pyrrole nitrogens is 1. The second-order valence-electron chi connectivity index (χ2n) is 8.20. The van der Waals surface area contributed by atoms with Crippen molar-refractivity contribution in [1.82, 2.24) is 15.5 Å². The molecule has 2 heterocycles. The van der Waals surface area contributed by atoms with E-state index >= 15 is 0 Å². The summed E-state index contributed by atoms with van der Waals surface area (Å²) in [7, 11) is 1.54. The van der Waals surface area contributed by atoms with E-state index in [2.05, 4.69) is 32.6 Å². The van der Waals surface area contributed by atoms with Gasteiger partial charge in [-0.1, -0.05) is 12.1 Å². The number of allylic oxidation sites excluding steroid dienone is 2. The predicted molar refractivity (Wildman–Crippen MR) is 139 cm³/mol. The first kappa shape index (κ1) is 28.7. The normalized spacial score (nSPS) is 15.0. The summed E-state index contributed by atoms with van der Waals surface area (Å²) in [6.07, 6.45) is 7.72. The number of anilines is 1. The van der Waals surface area contributed by atoms with Crippen LogP contribution in [0.3, 0.4) is 0 Å². The summed E-state index contributed by atoms with van der Waals surface area (Å²) in [5.74, 6) is 0.669. The van der Waals surface area contributed by atoms with E-state index in [0.717, 1.165) is 26.1 Å². The van der Waals surface area contributed by atoms with Crippen molar-refractivity contribution in [2.75, 3.05) is 25.6 Å². The quantitative estimate of drug-likeness (QED) is 0.237. The summed E-state index contributed by atoms with van der Waals surface area (Å²) in [6.45, 7) is 3.72. The molecule has 1 saturated heterocycles. The van der Waals surface area contributed by atoms with Crippen molar-refractivity contribution in [3.63, 3.8) is 0 Å². The number of aromatic amines is 1. The molecule has 2 amide bonds. The number of hydrogen-bond acceptors (Lipinski definition) is 9. The molecule has 1 aromatic heterocycles. The highest BCUT2D eigenvalue weighted by atomic mass is 16.5. The Morgan fingerprint density at radius 1 is 1.27 bits per heavy atom. The SMILES string of the molecule is C1CCOC1.COc1c(NC(/C=C(\N)NC(=O)C2CC2)=C(\C)N)cccc1-c1cn[nH]c1C#N.NC=O. The van der Waals surface area contributed by atoms with E-state index in [9.17, 15) is 10.1 Å². The molecule has 12 heteroatoms. The molecule has 1 aromatic carbocycles. The number of benzene rings is 1. The number of carbonyl (C=O) groups is 2. The number of amides is 2. The van der Waals surface area contributed by atoms with E-state index in [1.165, 1.54) is 20.0 Å². The highest BCUT2D eigenvalue weighted by Gasteiger charge is 2.29. The largest absolute Gasteiger partial charge is 0.494 e. The van der Waals surface area contributed by atoms with Crippen LogP contribution in [0.4, 0.5) is 5.69 Å². The zero-order valence-electron chi connectivity index (χ0n) is 21.0. The van der Waals surface area contributed by atoms with Crippen molar-refractivity contribution in [2.45, 2.75) is 32.6 Å². The average Bonchev–Trinajstić information content (AvgIpc) is 3.33. The fraction of sp³-hybridized carbons (Fsp3) is 0.360. The smallest absolute Gasteiger partial charge is 0.228 e. The Balaban J connectivity index is 0.000000518. The molecule has 2 aliphatic rings. The maximum Gasteiger partial charge on any atom is 0.228 e. The third-order valence-electron chi connectivity index (χ3n) is 5.30. The van der Waals surface area contributed by atoms with Gasteiger partial charge in [0, 0.05) is 42.0 Å². The average molecular weight is 511 g/mol. The number of carbonyl (C=O) groups excluding carboxylic acids is 2. The molecule has 1 aliphatic carbocycles. The summed E-state index contributed by atoms with van der Waals surface area (Å²) in [6, 6.07) is 7.53. The number of nitriles is 1. The van der Waals surface area contributed by atoms with Crippen molar-refractivity contribution in [3.8, 4) is 22.9 Å². The Morgan fingerprint density at radius 2 is 1.95 bits per heavy atom. The number of rotatable bonds is 7. The number of nitrogens with one attached hydrogen (secondary N) is 3. The van der Waals surface area contributed by atoms with Gasteiger partial charge in [0.2, 0.25) is 12.3 Å². The number of hydrogen-bond donors (Lipinski definition) is 6. The maximum atomic E-state index is 11.9. The summed E-state index contributed by atoms with van der Waals surface area (Å²) in [4.78, 5) is 20.5. The Morgan fingerprint density at radius 3 is 2.46 bits per heavy atom. The van der Waals surface area contributed by atoms with Crippen molar-refractivity contribution in [2.24, 2.45) is 23.1 Å². The van der Waals surface area contributed by atoms with Gasteiger partial charge in [0.25, 0.3) is 0 Å². The zero-order valence-corrected chi connectivity index (χ0v) is 21.0.